The largest absolute Gasteiger partial charge is 0.469 e. The number of carbonyl (C=O) groups is 4. The van der Waals surface area contributed by atoms with Crippen LogP contribution in [0.1, 0.15) is 105 Å². The summed E-state index contributed by atoms with van der Waals surface area (Å²) in [4.78, 5) is 41.8. The summed E-state index contributed by atoms with van der Waals surface area (Å²) in [6.07, 6.45) is 12.9. The summed E-state index contributed by atoms with van der Waals surface area (Å²) >= 11 is 3.30. The first-order valence-corrected chi connectivity index (χ1v) is 20.9. The van der Waals surface area contributed by atoms with Crippen molar-refractivity contribution in [1.29, 1.82) is 0 Å². The van der Waals surface area contributed by atoms with E-state index in [0.717, 1.165) is 96.8 Å². The number of methoxy groups -OCH3 is 3. The van der Waals surface area contributed by atoms with Gasteiger partial charge in [0.25, 0.3) is 0 Å². The van der Waals surface area contributed by atoms with Gasteiger partial charge in [-0.25, -0.2) is 0 Å². The Labute approximate surface area is 359 Å². The van der Waals surface area contributed by atoms with Crippen molar-refractivity contribution < 1.29 is 76.4 Å². The van der Waals surface area contributed by atoms with Crippen molar-refractivity contribution in [3.63, 3.8) is 0 Å². The second-order valence-electron chi connectivity index (χ2n) is 11.9. The van der Waals surface area contributed by atoms with E-state index in [9.17, 15) is 19.2 Å². The zero-order valence-electron chi connectivity index (χ0n) is 36.7. The smallest absolute Gasteiger partial charge is 0.304 e. The number of esters is 4. The van der Waals surface area contributed by atoms with E-state index >= 15 is 0 Å². The summed E-state index contributed by atoms with van der Waals surface area (Å²) in [7, 11) is 5.05. The molecule has 0 amide bonds. The van der Waals surface area contributed by atoms with E-state index in [0.29, 0.717) is 26.3 Å². The number of carbonyl (C=O) groups excluding carboxylic acids is 4. The van der Waals surface area contributed by atoms with Gasteiger partial charge in [0.05, 0.1) is 47.8 Å². The molecule has 20 nitrogen and oxygen atoms in total. The molecule has 0 aliphatic carbocycles. The van der Waals surface area contributed by atoms with Gasteiger partial charge in [-0.1, -0.05) is 21.0 Å². The molecule has 4 fully saturated rings. The molecule has 0 aromatic rings. The number of hydrogen-bond acceptors (Lipinski definition) is 18. The molecule has 3 N–H and O–H groups in total. The van der Waals surface area contributed by atoms with E-state index in [4.69, 9.17) is 54.3 Å². The van der Waals surface area contributed by atoms with Crippen LogP contribution in [0.4, 0.5) is 0 Å². The summed E-state index contributed by atoms with van der Waals surface area (Å²) < 4.78 is 54.2. The number of halogens is 1. The molecule has 4 atom stereocenters. The summed E-state index contributed by atoms with van der Waals surface area (Å²) in [6.45, 7) is 11.5. The monoisotopic (exact) mass is 922 g/mol. The predicted octanol–water partition coefficient (Wildman–Crippen LogP) is 5.48. The molecule has 0 radical (unpaired) electrons. The molecule has 4 rings (SSSR count). The maximum Gasteiger partial charge on any atom is 0.304 e. The lowest BCUT2D eigenvalue weighted by Crippen LogP contribution is -2.24. The number of nitrogens with two attached hydrogens (primary N) is 1. The standard InChI is InChI=1S/C7H13BrO2.C7H13N3O2.C7H15NO2.C7H12O3.3C3H6O2.CH4O/c8-4-6-10-7-3-1-2-5-9-7;8-10-9-4-6-12-7-3-1-2-5-11-7;8-4-6-10-7-3-1-2-5-9-7;1-6(8)10-7-4-2-3-5-9-7;3*1-3(4)5-2;1-2/h7H,1-6H2;7H,1-6H2;7H,1-6,8H2;7H,2-5H2,1H3;3*1-2H3;2H,1H3/t;;;7-;;;;/m...1..../s1. The third kappa shape index (κ3) is 55.3. The second kappa shape index (κ2) is 51.5. The van der Waals surface area contributed by atoms with Gasteiger partial charge in [-0.3, -0.25) is 19.2 Å². The Morgan fingerprint density at radius 3 is 1.19 bits per heavy atom. The first kappa shape index (κ1) is 63.0. The van der Waals surface area contributed by atoms with Gasteiger partial charge < -0.3 is 62.9 Å². The number of ether oxygens (including phenoxy) is 11. The Kier molecular flexibility index (Phi) is 54.9. The Morgan fingerprint density at radius 2 is 0.932 bits per heavy atom. The van der Waals surface area contributed by atoms with Gasteiger partial charge in [0, 0.05) is 84.4 Å². The van der Waals surface area contributed by atoms with Crippen LogP contribution in [0.5, 0.6) is 0 Å². The van der Waals surface area contributed by atoms with Crippen molar-refractivity contribution in [1.82, 2.24) is 0 Å². The molecule has 59 heavy (non-hydrogen) atoms. The Hall–Kier alpha value is -2.69. The van der Waals surface area contributed by atoms with Gasteiger partial charge in [0.1, 0.15) is 0 Å². The maximum absolute atomic E-state index is 10.4. The Balaban J connectivity index is -0.000000305. The number of aliphatic hydroxyl groups excluding tert-OH is 1. The molecule has 0 aromatic carbocycles. The van der Waals surface area contributed by atoms with Crippen LogP contribution in [-0.2, 0) is 71.3 Å². The fraction of sp³-hybridized carbons (Fsp3) is 0.895. The molecular formula is C38H75BrN4O16. The van der Waals surface area contributed by atoms with Gasteiger partial charge in [-0.05, 0) is 76.2 Å². The SMILES string of the molecule is BrCCOC1CCCCO1.CC(=O)O[C@@H]1CCCCO1.CO.COC(C)=O.COC(C)=O.COC(C)=O.NCCOC1CCCCO1.[N-]=[N+]=NCCOC1CCCCO1. The van der Waals surface area contributed by atoms with E-state index in [1.165, 1.54) is 74.7 Å². The van der Waals surface area contributed by atoms with Crippen LogP contribution in [0.3, 0.4) is 0 Å². The number of rotatable bonds is 11. The minimum Gasteiger partial charge on any atom is -0.469 e. The number of alkyl halides is 1. The summed E-state index contributed by atoms with van der Waals surface area (Å²) in [6, 6.07) is 0. The molecule has 4 aliphatic rings. The molecular weight excluding hydrogens is 848 g/mol. The lowest BCUT2D eigenvalue weighted by atomic mass is 10.2. The Bertz CT molecular complexity index is 935. The molecule has 0 saturated carbocycles. The van der Waals surface area contributed by atoms with E-state index in [-0.39, 0.29) is 49.0 Å². The van der Waals surface area contributed by atoms with Crippen LogP contribution in [0.15, 0.2) is 5.11 Å². The lowest BCUT2D eigenvalue weighted by Gasteiger charge is -2.22. The second-order valence-corrected chi connectivity index (χ2v) is 12.7. The molecule has 21 heteroatoms. The van der Waals surface area contributed by atoms with Gasteiger partial charge in [-0.2, -0.15) is 0 Å². The number of nitrogens with zero attached hydrogens (tertiary/aromatic N) is 3. The van der Waals surface area contributed by atoms with Gasteiger partial charge >= 0.3 is 23.9 Å². The molecule has 4 heterocycles. The molecule has 0 spiro atoms. The Morgan fingerprint density at radius 1 is 0.610 bits per heavy atom. The van der Waals surface area contributed by atoms with Crippen molar-refractivity contribution in [2.75, 3.05) is 93.1 Å². The van der Waals surface area contributed by atoms with Gasteiger partial charge in [-0.15, -0.1) is 0 Å². The first-order valence-electron chi connectivity index (χ1n) is 19.7. The van der Waals surface area contributed by atoms with E-state index in [1.54, 1.807) is 0 Å². The summed E-state index contributed by atoms with van der Waals surface area (Å²) in [5.74, 6) is -0.994. The summed E-state index contributed by atoms with van der Waals surface area (Å²) in [5, 5.41) is 11.3. The van der Waals surface area contributed by atoms with E-state index in [1.807, 2.05) is 0 Å². The van der Waals surface area contributed by atoms with E-state index in [2.05, 4.69) is 40.2 Å². The average Bonchev–Trinajstić information content (AvgIpc) is 3.27. The van der Waals surface area contributed by atoms with Gasteiger partial charge in [0.2, 0.25) is 6.29 Å². The minimum atomic E-state index is -0.272. The fourth-order valence-corrected chi connectivity index (χ4v) is 4.35. The molecule has 3 unspecified atom stereocenters. The molecule has 350 valence electrons. The normalized spacial score (nSPS) is 20.0. The number of azide groups is 1. The molecule has 0 aromatic heterocycles. The van der Waals surface area contributed by atoms with Crippen molar-refractivity contribution in [2.45, 2.75) is 130 Å². The van der Waals surface area contributed by atoms with Crippen molar-refractivity contribution in [2.24, 2.45) is 10.8 Å². The topological polar surface area (TPSA) is 265 Å². The highest BCUT2D eigenvalue weighted by molar-refractivity contribution is 9.09. The quantitative estimate of drug-likeness (QED) is 0.0494. The van der Waals surface area contributed by atoms with Crippen molar-refractivity contribution in [3.05, 3.63) is 10.4 Å². The summed E-state index contributed by atoms with van der Waals surface area (Å²) in [5.41, 5.74) is 13.2. The van der Waals surface area contributed by atoms with Crippen LogP contribution in [-0.4, -0.2) is 147 Å². The number of hydrogen-bond donors (Lipinski definition) is 2. The first-order chi connectivity index (χ1) is 28.4. The zero-order valence-corrected chi connectivity index (χ0v) is 38.3. The fourth-order valence-electron chi connectivity index (χ4n) is 4.16. The third-order valence-corrected chi connectivity index (χ3v) is 7.40. The zero-order chi connectivity index (χ0) is 45.4. The average molecular weight is 924 g/mol. The lowest BCUT2D eigenvalue weighted by molar-refractivity contribution is -0.184. The number of aliphatic hydroxyl groups is 1. The van der Waals surface area contributed by atoms with Crippen LogP contribution in [0, 0.1) is 0 Å². The molecule has 4 aliphatic heterocycles. The minimum absolute atomic E-state index is 0.0253. The van der Waals surface area contributed by atoms with Crippen LogP contribution < -0.4 is 5.73 Å². The molecule has 0 bridgehead atoms. The molecule has 4 saturated heterocycles. The van der Waals surface area contributed by atoms with Crippen LogP contribution in [0.25, 0.3) is 10.4 Å². The van der Waals surface area contributed by atoms with E-state index < -0.39 is 0 Å². The van der Waals surface area contributed by atoms with Crippen molar-refractivity contribution in [3.8, 4) is 0 Å². The van der Waals surface area contributed by atoms with Crippen LogP contribution >= 0.6 is 15.9 Å². The third-order valence-electron chi connectivity index (χ3n) is 7.07. The van der Waals surface area contributed by atoms with Crippen molar-refractivity contribution >= 4 is 39.8 Å². The van der Waals surface area contributed by atoms with Gasteiger partial charge in [0.15, 0.2) is 18.9 Å². The van der Waals surface area contributed by atoms with Crippen LogP contribution in [0.2, 0.25) is 0 Å². The highest BCUT2D eigenvalue weighted by atomic mass is 79.9. The highest BCUT2D eigenvalue weighted by Crippen LogP contribution is 2.15. The highest BCUT2D eigenvalue weighted by Gasteiger charge is 2.16. The maximum atomic E-state index is 10.4. The predicted molar refractivity (Wildman–Crippen MR) is 222 cm³/mol.